The second kappa shape index (κ2) is 15.0. The zero-order chi connectivity index (χ0) is 21.7. The zero-order valence-corrected chi connectivity index (χ0v) is 21.6. The fourth-order valence-electron chi connectivity index (χ4n) is 3.92. The van der Waals surface area contributed by atoms with Gasteiger partial charge in [-0.25, -0.2) is 21.7 Å². The lowest BCUT2D eigenvalue weighted by Gasteiger charge is -2.07. The van der Waals surface area contributed by atoms with Gasteiger partial charge in [-0.3, -0.25) is 0 Å². The number of rotatable bonds is 10. The molecule has 6 atom stereocenters. The van der Waals surface area contributed by atoms with Gasteiger partial charge in [0, 0.05) is 0 Å². The van der Waals surface area contributed by atoms with Gasteiger partial charge in [0.15, 0.2) is 0 Å². The van der Waals surface area contributed by atoms with E-state index in [-0.39, 0.29) is 10.7 Å². The summed E-state index contributed by atoms with van der Waals surface area (Å²) < 4.78 is 0. The number of unbranched alkanes of at least 4 members (excludes halogenated alkanes) is 6. The molecule has 3 aliphatic rings. The van der Waals surface area contributed by atoms with Gasteiger partial charge in [0.1, 0.15) is 10.7 Å². The summed E-state index contributed by atoms with van der Waals surface area (Å²) in [7, 11) is 0. The summed E-state index contributed by atoms with van der Waals surface area (Å²) in [6, 6.07) is 0. The first-order valence-corrected chi connectivity index (χ1v) is 15.1. The average molecular weight is 481 g/mol. The van der Waals surface area contributed by atoms with Crippen molar-refractivity contribution >= 4 is 35.3 Å². The van der Waals surface area contributed by atoms with Crippen molar-refractivity contribution in [1.29, 1.82) is 0 Å². The van der Waals surface area contributed by atoms with E-state index in [1.807, 2.05) is 35.3 Å². The van der Waals surface area contributed by atoms with E-state index in [9.17, 15) is 0 Å². The Balaban J connectivity index is 1.30. The van der Waals surface area contributed by atoms with Crippen molar-refractivity contribution in [2.75, 3.05) is 0 Å². The van der Waals surface area contributed by atoms with Gasteiger partial charge in [-0.15, -0.1) is 35.3 Å². The van der Waals surface area contributed by atoms with Crippen molar-refractivity contribution in [2.24, 2.45) is 0 Å². The smallest absolute Gasteiger partial charge is 0.129 e. The maximum Gasteiger partial charge on any atom is 0.129 e. The molecule has 0 aliphatic carbocycles. The van der Waals surface area contributed by atoms with Crippen molar-refractivity contribution < 1.29 is 0 Å². The summed E-state index contributed by atoms with van der Waals surface area (Å²) in [5, 5.41) is 2.32. The molecule has 0 aromatic carbocycles. The van der Waals surface area contributed by atoms with E-state index in [0.29, 0.717) is 21.2 Å². The molecule has 0 amide bonds. The van der Waals surface area contributed by atoms with Crippen LogP contribution in [0.3, 0.4) is 0 Å². The van der Waals surface area contributed by atoms with Gasteiger partial charge in [-0.2, -0.15) is 0 Å². The summed E-state index contributed by atoms with van der Waals surface area (Å²) in [6.07, 6.45) is 15.4. The first-order chi connectivity index (χ1) is 15.3. The lowest BCUT2D eigenvalue weighted by molar-refractivity contribution is 0.519. The molecule has 3 fully saturated rings. The van der Waals surface area contributed by atoms with Crippen LogP contribution in [0.1, 0.15) is 90.9 Å². The van der Waals surface area contributed by atoms with Crippen molar-refractivity contribution in [3.05, 3.63) is 0 Å². The van der Waals surface area contributed by atoms with Gasteiger partial charge < -0.3 is 0 Å². The minimum Gasteiger partial charge on any atom is -0.243 e. The van der Waals surface area contributed by atoms with E-state index in [4.69, 9.17) is 0 Å². The Bertz CT molecular complexity index is 584. The largest absolute Gasteiger partial charge is 0.243 e. The van der Waals surface area contributed by atoms with Crippen LogP contribution in [0.15, 0.2) is 0 Å². The third-order valence-corrected chi connectivity index (χ3v) is 9.51. The van der Waals surface area contributed by atoms with Crippen LogP contribution >= 0.6 is 35.3 Å². The average Bonchev–Trinajstić information content (AvgIpc) is 3.53. The number of hydrogen-bond acceptors (Lipinski definition) is 7. The minimum atomic E-state index is 0.223. The SMILES string of the molecule is CCCCCCC1NNC(C#CC2CCC(C#CC3NNC(CCCCCC)S3)S2)S1. The highest BCUT2D eigenvalue weighted by Crippen LogP contribution is 2.33. The molecular formula is C24H40N4S3. The number of nitrogens with one attached hydrogen (secondary N) is 4. The fraction of sp³-hybridized carbons (Fsp3) is 0.833. The van der Waals surface area contributed by atoms with Crippen molar-refractivity contribution in [3.8, 4) is 23.7 Å². The van der Waals surface area contributed by atoms with E-state index < -0.39 is 0 Å². The first kappa shape index (κ1) is 25.6. The molecule has 3 aliphatic heterocycles. The molecule has 7 heteroatoms. The fourth-order valence-corrected chi connectivity index (χ4v) is 7.21. The van der Waals surface area contributed by atoms with E-state index >= 15 is 0 Å². The van der Waals surface area contributed by atoms with Crippen LogP contribution in [0, 0.1) is 23.7 Å². The molecule has 3 saturated heterocycles. The van der Waals surface area contributed by atoms with Crippen LogP contribution in [-0.4, -0.2) is 32.0 Å². The van der Waals surface area contributed by atoms with Crippen LogP contribution in [0.2, 0.25) is 0 Å². The van der Waals surface area contributed by atoms with Crippen molar-refractivity contribution in [1.82, 2.24) is 21.7 Å². The van der Waals surface area contributed by atoms with Gasteiger partial charge in [0.05, 0.1) is 21.2 Å². The summed E-state index contributed by atoms with van der Waals surface area (Å²) in [4.78, 5) is 0. The zero-order valence-electron chi connectivity index (χ0n) is 19.2. The molecule has 0 aromatic heterocycles. The summed E-state index contributed by atoms with van der Waals surface area (Å²) in [5.41, 5.74) is 13.5. The van der Waals surface area contributed by atoms with Gasteiger partial charge in [-0.05, 0) is 25.7 Å². The van der Waals surface area contributed by atoms with Gasteiger partial charge in [0.25, 0.3) is 0 Å². The molecule has 0 saturated carbocycles. The summed E-state index contributed by atoms with van der Waals surface area (Å²) in [5.74, 6) is 13.9. The molecule has 0 radical (unpaired) electrons. The molecule has 0 bridgehead atoms. The third-order valence-electron chi connectivity index (χ3n) is 5.76. The van der Waals surface area contributed by atoms with E-state index in [2.05, 4.69) is 59.2 Å². The Morgan fingerprint density at radius 1 is 0.581 bits per heavy atom. The molecule has 4 N–H and O–H groups in total. The lowest BCUT2D eigenvalue weighted by atomic mass is 10.1. The van der Waals surface area contributed by atoms with Crippen LogP contribution in [0.25, 0.3) is 0 Å². The monoisotopic (exact) mass is 480 g/mol. The standard InChI is InChI=1S/C24H40N4S3/c1-3-5-7-9-11-21-25-27-23(30-21)17-15-19-13-14-20(29-19)16-18-24-28-26-22(31-24)12-10-8-6-4-2/h19-28H,3-14H2,1-2H3. The highest BCUT2D eigenvalue weighted by Gasteiger charge is 2.26. The van der Waals surface area contributed by atoms with Gasteiger partial charge in [-0.1, -0.05) is 88.9 Å². The van der Waals surface area contributed by atoms with Gasteiger partial charge in [0.2, 0.25) is 0 Å². The molecule has 174 valence electrons. The third kappa shape index (κ3) is 9.80. The number of hydrazine groups is 2. The molecular weight excluding hydrogens is 440 g/mol. The number of hydrogen-bond donors (Lipinski definition) is 4. The van der Waals surface area contributed by atoms with E-state index in [1.54, 1.807) is 0 Å². The summed E-state index contributed by atoms with van der Waals surface area (Å²) >= 11 is 5.83. The molecule has 0 aromatic rings. The topological polar surface area (TPSA) is 48.1 Å². The molecule has 0 spiro atoms. The number of thioether (sulfide) groups is 3. The highest BCUT2D eigenvalue weighted by molar-refractivity contribution is 8.01. The Kier molecular flexibility index (Phi) is 12.4. The Labute approximate surface area is 203 Å². The second-order valence-electron chi connectivity index (χ2n) is 8.55. The predicted molar refractivity (Wildman–Crippen MR) is 140 cm³/mol. The Morgan fingerprint density at radius 3 is 1.52 bits per heavy atom. The Hall–Kier alpha value is 0.01000. The van der Waals surface area contributed by atoms with Gasteiger partial charge >= 0.3 is 0 Å². The minimum absolute atomic E-state index is 0.223. The molecule has 6 unspecified atom stereocenters. The van der Waals surface area contributed by atoms with Crippen molar-refractivity contribution in [2.45, 2.75) is 123 Å². The maximum atomic E-state index is 3.51. The second-order valence-corrected chi connectivity index (χ2v) is 12.6. The lowest BCUT2D eigenvalue weighted by Crippen LogP contribution is -2.32. The van der Waals surface area contributed by atoms with Crippen LogP contribution < -0.4 is 21.7 Å². The molecule has 31 heavy (non-hydrogen) atoms. The maximum absolute atomic E-state index is 3.51. The molecule has 3 rings (SSSR count). The van der Waals surface area contributed by atoms with Crippen LogP contribution in [0.5, 0.6) is 0 Å². The quantitative estimate of drug-likeness (QED) is 0.254. The van der Waals surface area contributed by atoms with Crippen LogP contribution in [0.4, 0.5) is 0 Å². The predicted octanol–water partition coefficient (Wildman–Crippen LogP) is 5.18. The first-order valence-electron chi connectivity index (χ1n) is 12.3. The van der Waals surface area contributed by atoms with E-state index in [0.717, 1.165) is 12.8 Å². The molecule has 3 heterocycles. The van der Waals surface area contributed by atoms with E-state index in [1.165, 1.54) is 64.2 Å². The Morgan fingerprint density at radius 2 is 1.06 bits per heavy atom. The summed E-state index contributed by atoms with van der Waals surface area (Å²) in [6.45, 7) is 4.53. The van der Waals surface area contributed by atoms with Crippen molar-refractivity contribution in [3.63, 3.8) is 0 Å². The normalized spacial score (nSPS) is 32.5. The van der Waals surface area contributed by atoms with Crippen LogP contribution in [-0.2, 0) is 0 Å². The highest BCUT2D eigenvalue weighted by atomic mass is 32.2. The molecule has 4 nitrogen and oxygen atoms in total.